The fraction of sp³-hybridized carbons (Fsp3) is 0.300. The Morgan fingerprint density at radius 3 is 1.86 bits per heavy atom. The van der Waals surface area contributed by atoms with E-state index < -0.39 is 0 Å². The summed E-state index contributed by atoms with van der Waals surface area (Å²) in [7, 11) is 0. The minimum atomic E-state index is 0.669. The van der Waals surface area contributed by atoms with Crippen molar-refractivity contribution in [1.82, 2.24) is 0 Å². The second-order valence-corrected chi connectivity index (χ2v) is 6.75. The Balaban J connectivity index is 1.68. The second-order valence-electron chi connectivity index (χ2n) is 6.06. The van der Waals surface area contributed by atoms with E-state index in [0.29, 0.717) is 11.8 Å². The van der Waals surface area contributed by atoms with Crippen molar-refractivity contribution >= 4 is 23.2 Å². The maximum Gasteiger partial charge on any atom is 0.0406 e. The van der Waals surface area contributed by atoms with Gasteiger partial charge in [0.1, 0.15) is 0 Å². The van der Waals surface area contributed by atoms with Gasteiger partial charge in [0.2, 0.25) is 0 Å². The summed E-state index contributed by atoms with van der Waals surface area (Å²) >= 11 is 11.6. The number of hydrogen-bond acceptors (Lipinski definition) is 0. The standard InChI is InChI=1S/C20H20Cl2/c21-14-13-15-1-3-16(4-2-15)17-5-7-18(8-6-17)19-9-11-20(22)12-10-19/h5-16H,1-4H2. The molecule has 3 rings (SSSR count). The van der Waals surface area contributed by atoms with Crippen LogP contribution in [0.15, 0.2) is 60.1 Å². The summed E-state index contributed by atoms with van der Waals surface area (Å²) in [5, 5.41) is 0.781. The average molecular weight is 331 g/mol. The summed E-state index contributed by atoms with van der Waals surface area (Å²) in [4.78, 5) is 0. The van der Waals surface area contributed by atoms with Gasteiger partial charge in [-0.05, 0) is 66.3 Å². The molecule has 0 unspecified atom stereocenters. The van der Waals surface area contributed by atoms with Gasteiger partial charge < -0.3 is 0 Å². The largest absolute Gasteiger partial charge is 0.0933 e. The Labute approximate surface area is 142 Å². The van der Waals surface area contributed by atoms with Crippen LogP contribution in [0.3, 0.4) is 0 Å². The maximum absolute atomic E-state index is 5.95. The van der Waals surface area contributed by atoms with Gasteiger partial charge in [0, 0.05) is 10.6 Å². The zero-order valence-electron chi connectivity index (χ0n) is 12.5. The quantitative estimate of drug-likeness (QED) is 0.566. The summed E-state index contributed by atoms with van der Waals surface area (Å²) in [6.45, 7) is 0. The summed E-state index contributed by atoms with van der Waals surface area (Å²) in [5.41, 5.74) is 5.60. The molecule has 0 heterocycles. The fourth-order valence-electron chi connectivity index (χ4n) is 3.34. The van der Waals surface area contributed by atoms with E-state index in [0.717, 1.165) is 5.02 Å². The molecule has 0 nitrogen and oxygen atoms in total. The first-order valence-corrected chi connectivity index (χ1v) is 8.70. The number of halogens is 2. The summed E-state index contributed by atoms with van der Waals surface area (Å²) in [6.07, 6.45) is 7.14. The van der Waals surface area contributed by atoms with Gasteiger partial charge in [-0.1, -0.05) is 65.7 Å². The molecule has 0 aromatic heterocycles. The van der Waals surface area contributed by atoms with Crippen molar-refractivity contribution in [3.05, 3.63) is 70.7 Å². The van der Waals surface area contributed by atoms with Crippen LogP contribution in [0.4, 0.5) is 0 Å². The molecule has 2 aromatic carbocycles. The molecular formula is C20H20Cl2. The van der Waals surface area contributed by atoms with E-state index in [9.17, 15) is 0 Å². The summed E-state index contributed by atoms with van der Waals surface area (Å²) < 4.78 is 0. The normalized spacial score (nSPS) is 22.1. The second kappa shape index (κ2) is 7.35. The highest BCUT2D eigenvalue weighted by molar-refractivity contribution is 6.30. The molecule has 0 saturated heterocycles. The number of allylic oxidation sites excluding steroid dienone is 1. The highest BCUT2D eigenvalue weighted by Crippen LogP contribution is 2.37. The van der Waals surface area contributed by atoms with Crippen LogP contribution in [0.2, 0.25) is 5.02 Å². The molecule has 0 aliphatic heterocycles. The van der Waals surface area contributed by atoms with Gasteiger partial charge >= 0.3 is 0 Å². The van der Waals surface area contributed by atoms with Gasteiger partial charge in [0.25, 0.3) is 0 Å². The van der Waals surface area contributed by atoms with Crippen LogP contribution in [0.5, 0.6) is 0 Å². The van der Waals surface area contributed by atoms with Gasteiger partial charge in [-0.15, -0.1) is 0 Å². The molecule has 1 aliphatic rings. The van der Waals surface area contributed by atoms with Crippen LogP contribution < -0.4 is 0 Å². The van der Waals surface area contributed by atoms with Crippen LogP contribution in [0.1, 0.15) is 37.2 Å². The third-order valence-corrected chi connectivity index (χ3v) is 5.07. The molecule has 0 N–H and O–H groups in total. The van der Waals surface area contributed by atoms with Crippen molar-refractivity contribution in [2.24, 2.45) is 5.92 Å². The van der Waals surface area contributed by atoms with Gasteiger partial charge in [0.15, 0.2) is 0 Å². The molecule has 0 radical (unpaired) electrons. The third-order valence-electron chi connectivity index (χ3n) is 4.68. The minimum Gasteiger partial charge on any atom is -0.0933 e. The lowest BCUT2D eigenvalue weighted by Crippen LogP contribution is -2.11. The van der Waals surface area contributed by atoms with Crippen molar-refractivity contribution in [2.75, 3.05) is 0 Å². The first kappa shape index (κ1) is 15.6. The van der Waals surface area contributed by atoms with Crippen molar-refractivity contribution in [3.63, 3.8) is 0 Å². The summed E-state index contributed by atoms with van der Waals surface area (Å²) in [5.74, 6) is 1.36. The van der Waals surface area contributed by atoms with E-state index in [4.69, 9.17) is 23.2 Å². The summed E-state index contributed by atoms with van der Waals surface area (Å²) in [6, 6.07) is 17.0. The number of rotatable bonds is 3. The van der Waals surface area contributed by atoms with E-state index in [1.807, 2.05) is 12.1 Å². The predicted octanol–water partition coefficient (Wildman–Crippen LogP) is 7.03. The topological polar surface area (TPSA) is 0 Å². The lowest BCUT2D eigenvalue weighted by molar-refractivity contribution is 0.376. The highest BCUT2D eigenvalue weighted by atomic mass is 35.5. The molecule has 22 heavy (non-hydrogen) atoms. The first-order chi connectivity index (χ1) is 10.8. The van der Waals surface area contributed by atoms with E-state index in [-0.39, 0.29) is 0 Å². The molecular weight excluding hydrogens is 311 g/mol. The number of hydrogen-bond donors (Lipinski definition) is 0. The molecule has 1 saturated carbocycles. The molecule has 114 valence electrons. The van der Waals surface area contributed by atoms with Crippen LogP contribution in [0, 0.1) is 5.92 Å². The van der Waals surface area contributed by atoms with E-state index >= 15 is 0 Å². The number of benzene rings is 2. The van der Waals surface area contributed by atoms with Crippen molar-refractivity contribution < 1.29 is 0 Å². The zero-order valence-corrected chi connectivity index (χ0v) is 14.0. The molecule has 0 atom stereocenters. The fourth-order valence-corrected chi connectivity index (χ4v) is 3.67. The molecule has 1 aliphatic carbocycles. The Hall–Kier alpha value is -1.24. The van der Waals surface area contributed by atoms with Crippen LogP contribution >= 0.6 is 23.2 Å². The Kier molecular flexibility index (Phi) is 5.23. The first-order valence-electron chi connectivity index (χ1n) is 7.89. The molecule has 0 spiro atoms. The van der Waals surface area contributed by atoms with E-state index in [1.54, 1.807) is 5.54 Å². The van der Waals surface area contributed by atoms with Crippen molar-refractivity contribution in [1.29, 1.82) is 0 Å². The molecule has 0 bridgehead atoms. The van der Waals surface area contributed by atoms with Crippen molar-refractivity contribution in [3.8, 4) is 11.1 Å². The molecule has 2 heteroatoms. The highest BCUT2D eigenvalue weighted by Gasteiger charge is 2.20. The lowest BCUT2D eigenvalue weighted by atomic mass is 9.78. The van der Waals surface area contributed by atoms with Crippen LogP contribution in [-0.2, 0) is 0 Å². The Bertz CT molecular complexity index is 618. The third kappa shape index (κ3) is 3.74. The SMILES string of the molecule is ClC=CC1CCC(c2ccc(-c3ccc(Cl)cc3)cc2)CC1. The van der Waals surface area contributed by atoms with Gasteiger partial charge in [-0.2, -0.15) is 0 Å². The van der Waals surface area contributed by atoms with Crippen LogP contribution in [0.25, 0.3) is 11.1 Å². The molecule has 1 fully saturated rings. The smallest absolute Gasteiger partial charge is 0.0406 e. The van der Waals surface area contributed by atoms with Crippen LogP contribution in [-0.4, -0.2) is 0 Å². The zero-order chi connectivity index (χ0) is 15.4. The van der Waals surface area contributed by atoms with Gasteiger partial charge in [-0.3, -0.25) is 0 Å². The van der Waals surface area contributed by atoms with Gasteiger partial charge in [-0.25, -0.2) is 0 Å². The monoisotopic (exact) mass is 330 g/mol. The van der Waals surface area contributed by atoms with Gasteiger partial charge in [0.05, 0.1) is 0 Å². The Morgan fingerprint density at radius 1 is 0.773 bits per heavy atom. The minimum absolute atomic E-state index is 0.669. The lowest BCUT2D eigenvalue weighted by Gasteiger charge is -2.27. The van der Waals surface area contributed by atoms with E-state index in [1.165, 1.54) is 42.4 Å². The molecule has 2 aromatic rings. The Morgan fingerprint density at radius 2 is 1.32 bits per heavy atom. The van der Waals surface area contributed by atoms with E-state index in [2.05, 4.69) is 42.5 Å². The molecule has 0 amide bonds. The van der Waals surface area contributed by atoms with Crippen molar-refractivity contribution in [2.45, 2.75) is 31.6 Å². The maximum atomic E-state index is 5.95. The predicted molar refractivity (Wildman–Crippen MR) is 96.6 cm³/mol. The average Bonchev–Trinajstić information content (AvgIpc) is 2.57.